The van der Waals surface area contributed by atoms with Crippen LogP contribution < -0.4 is 15.2 Å². The normalized spacial score (nSPS) is 17.9. The molecule has 0 unspecified atom stereocenters. The maximum absolute atomic E-state index is 12.8. The van der Waals surface area contributed by atoms with Crippen molar-refractivity contribution in [2.24, 2.45) is 5.73 Å². The average molecular weight is 445 g/mol. The minimum Gasteiger partial charge on any atom is -0.493 e. The van der Waals surface area contributed by atoms with Crippen LogP contribution in [0.2, 0.25) is 0 Å². The van der Waals surface area contributed by atoms with Crippen LogP contribution in [-0.4, -0.2) is 12.9 Å². The summed E-state index contributed by atoms with van der Waals surface area (Å²) in [5.74, 6) is 1.16. The number of aryl methyl sites for hydroxylation is 3. The Hall–Kier alpha value is -3.72. The second-order valence-corrected chi connectivity index (χ2v) is 8.61. The molecule has 0 saturated carbocycles. The Morgan fingerprint density at radius 2 is 1.85 bits per heavy atom. The predicted molar refractivity (Wildman–Crippen MR) is 125 cm³/mol. The van der Waals surface area contributed by atoms with E-state index in [0.29, 0.717) is 48.7 Å². The van der Waals surface area contributed by atoms with Gasteiger partial charge in [0, 0.05) is 18.4 Å². The third-order valence-electron chi connectivity index (χ3n) is 6.34. The lowest BCUT2D eigenvalue weighted by atomic mass is 9.77. The van der Waals surface area contributed by atoms with Crippen LogP contribution in [-0.2, 0) is 16.1 Å². The first-order valence-electron chi connectivity index (χ1n) is 11.0. The Labute approximate surface area is 194 Å². The zero-order chi connectivity index (χ0) is 23.7. The van der Waals surface area contributed by atoms with Gasteiger partial charge in [-0.05, 0) is 61.6 Å². The number of allylic oxidation sites excluding steroid dienone is 3. The molecule has 0 aromatic heterocycles. The van der Waals surface area contributed by atoms with Gasteiger partial charge in [0.15, 0.2) is 17.3 Å². The molecule has 1 aliphatic heterocycles. The molecule has 6 heteroatoms. The summed E-state index contributed by atoms with van der Waals surface area (Å²) >= 11 is 0. The Balaban J connectivity index is 1.69. The lowest BCUT2D eigenvalue weighted by molar-refractivity contribution is -0.116. The monoisotopic (exact) mass is 444 g/mol. The van der Waals surface area contributed by atoms with Gasteiger partial charge in [-0.3, -0.25) is 4.79 Å². The van der Waals surface area contributed by atoms with E-state index in [0.717, 1.165) is 11.1 Å². The molecular weight excluding hydrogens is 416 g/mol. The van der Waals surface area contributed by atoms with Gasteiger partial charge in [0.05, 0.1) is 13.0 Å². The molecule has 170 valence electrons. The standard InChI is InChI=1S/C27H28N2O4/c1-15-10-16(2)20(17(3)11-15)14-32-22-9-8-18(12-24(22)31-4)25-19(13-28)27(29)33-23-7-5-6-21(30)26(23)25/h8-12,25H,5-7,14,29H2,1-4H3/t25-/m1/s1. The number of methoxy groups -OCH3 is 1. The summed E-state index contributed by atoms with van der Waals surface area (Å²) < 4.78 is 17.4. The van der Waals surface area contributed by atoms with E-state index in [-0.39, 0.29) is 17.2 Å². The number of carbonyl (C=O) groups is 1. The average Bonchev–Trinajstić information content (AvgIpc) is 2.77. The van der Waals surface area contributed by atoms with Gasteiger partial charge in [-0.1, -0.05) is 23.8 Å². The van der Waals surface area contributed by atoms with Gasteiger partial charge >= 0.3 is 0 Å². The molecule has 0 radical (unpaired) electrons. The van der Waals surface area contributed by atoms with Gasteiger partial charge in [-0.15, -0.1) is 0 Å². The smallest absolute Gasteiger partial charge is 0.205 e. The molecule has 33 heavy (non-hydrogen) atoms. The molecule has 1 heterocycles. The van der Waals surface area contributed by atoms with E-state index < -0.39 is 5.92 Å². The number of nitriles is 1. The molecule has 0 spiro atoms. The predicted octanol–water partition coefficient (Wildman–Crippen LogP) is 5.01. The van der Waals surface area contributed by atoms with Crippen LogP contribution in [0.1, 0.15) is 53.0 Å². The lowest BCUT2D eigenvalue weighted by Gasteiger charge is -2.31. The fourth-order valence-electron chi connectivity index (χ4n) is 4.76. The van der Waals surface area contributed by atoms with Gasteiger partial charge in [0.25, 0.3) is 0 Å². The van der Waals surface area contributed by atoms with Crippen molar-refractivity contribution in [3.63, 3.8) is 0 Å². The van der Waals surface area contributed by atoms with Crippen LogP contribution in [0.5, 0.6) is 11.5 Å². The summed E-state index contributed by atoms with van der Waals surface area (Å²) in [7, 11) is 1.57. The summed E-state index contributed by atoms with van der Waals surface area (Å²) in [6.07, 6.45) is 1.78. The summed E-state index contributed by atoms with van der Waals surface area (Å²) in [4.78, 5) is 12.8. The molecule has 2 aromatic rings. The highest BCUT2D eigenvalue weighted by atomic mass is 16.5. The molecule has 2 aliphatic rings. The molecular formula is C27H28N2O4. The van der Waals surface area contributed by atoms with Crippen molar-refractivity contribution in [2.75, 3.05) is 7.11 Å². The highest BCUT2D eigenvalue weighted by Crippen LogP contribution is 2.45. The van der Waals surface area contributed by atoms with Gasteiger partial charge in [0.2, 0.25) is 5.88 Å². The largest absolute Gasteiger partial charge is 0.493 e. The van der Waals surface area contributed by atoms with Crippen LogP contribution in [0.25, 0.3) is 0 Å². The topological polar surface area (TPSA) is 94.6 Å². The number of Topliss-reactive ketones (excluding diaryl/α,β-unsaturated/α-hetero) is 1. The van der Waals surface area contributed by atoms with Gasteiger partial charge in [-0.2, -0.15) is 5.26 Å². The maximum atomic E-state index is 12.8. The van der Waals surface area contributed by atoms with E-state index in [2.05, 4.69) is 39.0 Å². The fourth-order valence-corrected chi connectivity index (χ4v) is 4.76. The number of nitrogens with zero attached hydrogens (tertiary/aromatic N) is 1. The van der Waals surface area contributed by atoms with Gasteiger partial charge < -0.3 is 19.9 Å². The highest BCUT2D eigenvalue weighted by molar-refractivity contribution is 5.99. The van der Waals surface area contributed by atoms with E-state index in [1.54, 1.807) is 7.11 Å². The molecule has 0 saturated heterocycles. The second-order valence-electron chi connectivity index (χ2n) is 8.61. The molecule has 0 bridgehead atoms. The second kappa shape index (κ2) is 9.03. The highest BCUT2D eigenvalue weighted by Gasteiger charge is 2.38. The number of ketones is 1. The number of rotatable bonds is 5. The Bertz CT molecular complexity index is 1210. The molecule has 1 aliphatic carbocycles. The fraction of sp³-hybridized carbons (Fsp3) is 0.333. The van der Waals surface area contributed by atoms with Crippen LogP contribution in [0, 0.1) is 32.1 Å². The number of benzene rings is 2. The third kappa shape index (κ3) is 4.19. The molecule has 2 aromatic carbocycles. The Kier molecular flexibility index (Phi) is 6.15. The van der Waals surface area contributed by atoms with Gasteiger partial charge in [0.1, 0.15) is 24.0 Å². The molecule has 4 rings (SSSR count). The zero-order valence-electron chi connectivity index (χ0n) is 19.5. The first-order chi connectivity index (χ1) is 15.8. The van der Waals surface area contributed by atoms with Crippen LogP contribution in [0.15, 0.2) is 53.1 Å². The number of hydrogen-bond acceptors (Lipinski definition) is 6. The molecule has 2 N–H and O–H groups in total. The molecule has 6 nitrogen and oxygen atoms in total. The van der Waals surface area contributed by atoms with Crippen molar-refractivity contribution >= 4 is 5.78 Å². The summed E-state index contributed by atoms with van der Waals surface area (Å²) in [5, 5.41) is 9.77. The van der Waals surface area contributed by atoms with Crippen LogP contribution >= 0.6 is 0 Å². The molecule has 1 atom stereocenters. The number of nitrogens with two attached hydrogens (primary N) is 1. The van der Waals surface area contributed by atoms with E-state index in [1.165, 1.54) is 16.7 Å². The van der Waals surface area contributed by atoms with Crippen molar-refractivity contribution < 1.29 is 19.0 Å². The van der Waals surface area contributed by atoms with Crippen LogP contribution in [0.4, 0.5) is 0 Å². The third-order valence-corrected chi connectivity index (χ3v) is 6.34. The van der Waals surface area contributed by atoms with E-state index in [1.807, 2.05) is 18.2 Å². The van der Waals surface area contributed by atoms with Crippen molar-refractivity contribution in [1.29, 1.82) is 5.26 Å². The van der Waals surface area contributed by atoms with Crippen molar-refractivity contribution in [1.82, 2.24) is 0 Å². The number of ether oxygens (including phenoxy) is 3. The van der Waals surface area contributed by atoms with E-state index >= 15 is 0 Å². The minimum atomic E-state index is -0.573. The summed E-state index contributed by atoms with van der Waals surface area (Å²) in [6.45, 7) is 6.65. The van der Waals surface area contributed by atoms with E-state index in [4.69, 9.17) is 19.9 Å². The lowest BCUT2D eigenvalue weighted by Crippen LogP contribution is -2.27. The Morgan fingerprint density at radius 3 is 2.52 bits per heavy atom. The Morgan fingerprint density at radius 1 is 1.12 bits per heavy atom. The van der Waals surface area contributed by atoms with Crippen molar-refractivity contribution in [3.05, 3.63) is 80.9 Å². The summed E-state index contributed by atoms with van der Waals surface area (Å²) in [5.41, 5.74) is 12.3. The SMILES string of the molecule is COc1cc([C@@H]2C(C#N)=C(N)OC3=C2C(=O)CCC3)ccc1OCc1c(C)cc(C)cc1C. The number of hydrogen-bond donors (Lipinski definition) is 1. The molecule has 0 fully saturated rings. The van der Waals surface area contributed by atoms with E-state index in [9.17, 15) is 10.1 Å². The van der Waals surface area contributed by atoms with Crippen molar-refractivity contribution in [3.8, 4) is 17.6 Å². The van der Waals surface area contributed by atoms with Gasteiger partial charge in [-0.25, -0.2) is 0 Å². The minimum absolute atomic E-state index is 0.00823. The first kappa shape index (κ1) is 22.5. The number of carbonyl (C=O) groups excluding carboxylic acids is 1. The quantitative estimate of drug-likeness (QED) is 0.696. The summed E-state index contributed by atoms with van der Waals surface area (Å²) in [6, 6.07) is 11.9. The zero-order valence-corrected chi connectivity index (χ0v) is 19.5. The maximum Gasteiger partial charge on any atom is 0.205 e. The molecule has 0 amide bonds. The first-order valence-corrected chi connectivity index (χ1v) is 11.0. The van der Waals surface area contributed by atoms with Crippen LogP contribution in [0.3, 0.4) is 0 Å². The van der Waals surface area contributed by atoms with Crippen molar-refractivity contribution in [2.45, 2.75) is 52.6 Å².